The Hall–Kier alpha value is -3.22. The van der Waals surface area contributed by atoms with Crippen molar-refractivity contribution >= 4 is 11.5 Å². The zero-order chi connectivity index (χ0) is 19.7. The average Bonchev–Trinajstić information content (AvgIpc) is 3.11. The Kier molecular flexibility index (Phi) is 4.58. The lowest BCUT2D eigenvalue weighted by atomic mass is 9.95. The number of alkyl halides is 3. The minimum atomic E-state index is -4.55. The third-order valence-electron chi connectivity index (χ3n) is 4.79. The van der Waals surface area contributed by atoms with Crippen molar-refractivity contribution in [3.63, 3.8) is 0 Å². The highest BCUT2D eigenvalue weighted by molar-refractivity contribution is 5.62. The highest BCUT2D eigenvalue weighted by atomic mass is 19.4. The molecule has 1 unspecified atom stereocenters. The number of hydrogen-bond acceptors (Lipinski definition) is 6. The van der Waals surface area contributed by atoms with Crippen LogP contribution in [0.4, 0.5) is 19.0 Å². The summed E-state index contributed by atoms with van der Waals surface area (Å²) in [5.41, 5.74) is 0.0983. The fraction of sp³-hybridized carbons (Fsp3) is 0.389. The molecule has 0 bridgehead atoms. The Balaban J connectivity index is 1.69. The van der Waals surface area contributed by atoms with Gasteiger partial charge in [-0.3, -0.25) is 0 Å². The van der Waals surface area contributed by atoms with E-state index in [1.165, 1.54) is 18.6 Å². The van der Waals surface area contributed by atoms with E-state index in [0.717, 1.165) is 30.0 Å². The predicted molar refractivity (Wildman–Crippen MR) is 94.2 cm³/mol. The fourth-order valence-electron chi connectivity index (χ4n) is 3.43. The van der Waals surface area contributed by atoms with Gasteiger partial charge in [-0.15, -0.1) is 0 Å². The molecule has 4 heterocycles. The van der Waals surface area contributed by atoms with Gasteiger partial charge in [-0.1, -0.05) is 0 Å². The van der Waals surface area contributed by atoms with Crippen LogP contribution in [0.25, 0.3) is 17.0 Å². The number of piperidine rings is 1. The van der Waals surface area contributed by atoms with Gasteiger partial charge in [-0.05, 0) is 30.9 Å². The van der Waals surface area contributed by atoms with Crippen LogP contribution in [-0.2, 0) is 6.18 Å². The molecule has 1 atom stereocenters. The Morgan fingerprint density at radius 3 is 2.86 bits per heavy atom. The van der Waals surface area contributed by atoms with Crippen LogP contribution >= 0.6 is 0 Å². The van der Waals surface area contributed by atoms with Crippen molar-refractivity contribution in [3.05, 3.63) is 36.4 Å². The maximum atomic E-state index is 13.0. The minimum Gasteiger partial charge on any atom is -0.356 e. The summed E-state index contributed by atoms with van der Waals surface area (Å²) in [4.78, 5) is 14.7. The normalized spacial score (nSPS) is 17.6. The van der Waals surface area contributed by atoms with E-state index in [9.17, 15) is 13.2 Å². The van der Waals surface area contributed by atoms with Crippen LogP contribution in [0.3, 0.4) is 0 Å². The number of imidazole rings is 1. The van der Waals surface area contributed by atoms with Crippen molar-refractivity contribution in [2.45, 2.75) is 25.4 Å². The molecule has 7 nitrogen and oxygen atoms in total. The molecule has 1 fully saturated rings. The first-order valence-corrected chi connectivity index (χ1v) is 8.82. The molecule has 4 rings (SSSR count). The number of rotatable bonds is 3. The fourth-order valence-corrected chi connectivity index (χ4v) is 3.43. The van der Waals surface area contributed by atoms with Gasteiger partial charge < -0.3 is 4.90 Å². The number of hydrogen-bond donors (Lipinski definition) is 0. The summed E-state index contributed by atoms with van der Waals surface area (Å²) >= 11 is 0. The summed E-state index contributed by atoms with van der Waals surface area (Å²) in [5, 5.41) is 12.6. The van der Waals surface area contributed by atoms with Gasteiger partial charge in [-0.25, -0.2) is 19.5 Å². The number of nitrogens with zero attached hydrogens (tertiary/aromatic N) is 7. The highest BCUT2D eigenvalue weighted by Gasteiger charge is 2.33. The summed E-state index contributed by atoms with van der Waals surface area (Å²) in [7, 11) is 0. The first-order valence-electron chi connectivity index (χ1n) is 8.82. The molecule has 1 saturated heterocycles. The van der Waals surface area contributed by atoms with E-state index in [2.05, 4.69) is 31.0 Å². The van der Waals surface area contributed by atoms with E-state index < -0.39 is 11.9 Å². The third-order valence-corrected chi connectivity index (χ3v) is 4.79. The van der Waals surface area contributed by atoms with E-state index >= 15 is 0 Å². The van der Waals surface area contributed by atoms with Crippen LogP contribution < -0.4 is 4.90 Å². The second-order valence-electron chi connectivity index (χ2n) is 6.71. The number of anilines is 1. The van der Waals surface area contributed by atoms with E-state index in [1.54, 1.807) is 6.07 Å². The third kappa shape index (κ3) is 3.47. The Bertz CT molecular complexity index is 1040. The first-order chi connectivity index (χ1) is 13.5. The van der Waals surface area contributed by atoms with Gasteiger partial charge >= 0.3 is 6.18 Å². The van der Waals surface area contributed by atoms with E-state index in [1.807, 2.05) is 0 Å². The van der Waals surface area contributed by atoms with E-state index in [4.69, 9.17) is 5.26 Å². The van der Waals surface area contributed by atoms with Crippen molar-refractivity contribution in [3.8, 4) is 17.5 Å². The summed E-state index contributed by atoms with van der Waals surface area (Å²) < 4.78 is 40.2. The second-order valence-corrected chi connectivity index (χ2v) is 6.71. The predicted octanol–water partition coefficient (Wildman–Crippen LogP) is 3.34. The molecule has 1 aliphatic rings. The summed E-state index contributed by atoms with van der Waals surface area (Å²) in [6, 6.07) is 6.11. The van der Waals surface area contributed by atoms with Gasteiger partial charge in [0.2, 0.25) is 0 Å². The van der Waals surface area contributed by atoms with E-state index in [0.29, 0.717) is 35.8 Å². The van der Waals surface area contributed by atoms with Crippen molar-refractivity contribution in [1.29, 1.82) is 5.26 Å². The maximum Gasteiger partial charge on any atom is 0.435 e. The van der Waals surface area contributed by atoms with Gasteiger partial charge in [0.1, 0.15) is 17.8 Å². The number of halogens is 3. The van der Waals surface area contributed by atoms with Crippen molar-refractivity contribution in [2.24, 2.45) is 5.92 Å². The SMILES string of the molecule is N#CCC1CCCN(c2cc(-c3cnc4ccc(C(F)(F)F)nn34)ncn2)C1. The molecule has 0 spiro atoms. The van der Waals surface area contributed by atoms with Crippen LogP contribution in [0, 0.1) is 17.2 Å². The molecule has 10 heteroatoms. The molecule has 0 aliphatic carbocycles. The molecule has 3 aromatic rings. The Morgan fingerprint density at radius 1 is 1.21 bits per heavy atom. The smallest absolute Gasteiger partial charge is 0.356 e. The molecule has 1 aliphatic heterocycles. The van der Waals surface area contributed by atoms with Gasteiger partial charge in [0, 0.05) is 25.6 Å². The van der Waals surface area contributed by atoms with Crippen LogP contribution in [0.1, 0.15) is 25.0 Å². The van der Waals surface area contributed by atoms with Gasteiger partial charge in [0.25, 0.3) is 0 Å². The lowest BCUT2D eigenvalue weighted by Crippen LogP contribution is -2.35. The van der Waals surface area contributed by atoms with Gasteiger partial charge in [-0.2, -0.15) is 23.5 Å². The molecule has 0 radical (unpaired) electrons. The maximum absolute atomic E-state index is 13.0. The summed E-state index contributed by atoms with van der Waals surface area (Å²) in [6.45, 7) is 1.52. The Labute approximate surface area is 158 Å². The minimum absolute atomic E-state index is 0.281. The van der Waals surface area contributed by atoms with Crippen molar-refractivity contribution in [2.75, 3.05) is 18.0 Å². The molecule has 3 aromatic heterocycles. The van der Waals surface area contributed by atoms with Crippen LogP contribution in [0.2, 0.25) is 0 Å². The molecule has 0 N–H and O–H groups in total. The highest BCUT2D eigenvalue weighted by Crippen LogP contribution is 2.29. The summed E-state index contributed by atoms with van der Waals surface area (Å²) in [5.74, 6) is 0.957. The number of fused-ring (bicyclic) bond motifs is 1. The largest absolute Gasteiger partial charge is 0.435 e. The van der Waals surface area contributed by atoms with Gasteiger partial charge in [0.15, 0.2) is 11.3 Å². The zero-order valence-electron chi connectivity index (χ0n) is 14.8. The molecule has 0 aromatic carbocycles. The molecule has 144 valence electrons. The monoisotopic (exact) mass is 387 g/mol. The van der Waals surface area contributed by atoms with Crippen LogP contribution in [0.15, 0.2) is 30.7 Å². The topological polar surface area (TPSA) is 83.0 Å². The molecule has 0 amide bonds. The molecular weight excluding hydrogens is 371 g/mol. The molecular formula is C18H16F3N7. The second kappa shape index (κ2) is 7.07. The number of aromatic nitrogens is 5. The standard InChI is InChI=1S/C18H16F3N7/c19-18(20,21)15-3-4-16-23-9-14(28(16)26-15)13-8-17(25-11-24-13)27-7-1-2-12(10-27)5-6-22/h3-4,8-9,11-12H,1-2,5,7,10H2. The molecule has 0 saturated carbocycles. The van der Waals surface area contributed by atoms with Gasteiger partial charge in [0.05, 0.1) is 18.0 Å². The lowest BCUT2D eigenvalue weighted by Gasteiger charge is -2.32. The first kappa shape index (κ1) is 18.2. The van der Waals surface area contributed by atoms with Crippen LogP contribution in [0.5, 0.6) is 0 Å². The average molecular weight is 387 g/mol. The van der Waals surface area contributed by atoms with E-state index in [-0.39, 0.29) is 5.92 Å². The quantitative estimate of drug-likeness (QED) is 0.686. The van der Waals surface area contributed by atoms with Crippen molar-refractivity contribution in [1.82, 2.24) is 24.6 Å². The Morgan fingerprint density at radius 2 is 2.07 bits per heavy atom. The molecule has 28 heavy (non-hydrogen) atoms. The van der Waals surface area contributed by atoms with Crippen LogP contribution in [-0.4, -0.2) is 37.7 Å². The zero-order valence-corrected chi connectivity index (χ0v) is 14.8. The van der Waals surface area contributed by atoms with Crippen molar-refractivity contribution < 1.29 is 13.2 Å². The lowest BCUT2D eigenvalue weighted by molar-refractivity contribution is -0.141. The summed E-state index contributed by atoms with van der Waals surface area (Å²) in [6.07, 6.45) is 0.730. The number of nitriles is 1.